The smallest absolute Gasteiger partial charge is 0.364 e. The summed E-state index contributed by atoms with van der Waals surface area (Å²) in [4.78, 5) is 23.7. The number of aliphatic carboxylic acids is 1. The number of carbonyl (C=O) groups is 2. The molecule has 0 radical (unpaired) electrons. The van der Waals surface area contributed by atoms with Crippen LogP contribution in [0.2, 0.25) is 0 Å². The van der Waals surface area contributed by atoms with E-state index in [1.807, 2.05) is 0 Å². The molecule has 2 rings (SSSR count). The minimum absolute atomic E-state index is 0.671. The number of ether oxygens (including phenoxy) is 3. The van der Waals surface area contributed by atoms with Crippen LogP contribution in [0.3, 0.4) is 0 Å². The van der Waals surface area contributed by atoms with Gasteiger partial charge in [0.25, 0.3) is 5.79 Å². The highest BCUT2D eigenvalue weighted by molar-refractivity contribution is 5.76. The third-order valence-electron chi connectivity index (χ3n) is 5.65. The van der Waals surface area contributed by atoms with Crippen molar-refractivity contribution in [3.05, 3.63) is 0 Å². The zero-order chi connectivity index (χ0) is 25.2. The summed E-state index contributed by atoms with van der Waals surface area (Å²) in [7, 11) is 0. The molecular formula is C18H31NO14. The van der Waals surface area contributed by atoms with Crippen molar-refractivity contribution in [3.8, 4) is 0 Å². The summed E-state index contributed by atoms with van der Waals surface area (Å²) in [5.74, 6) is -5.18. The molecule has 0 saturated carbocycles. The number of amides is 1. The highest BCUT2D eigenvalue weighted by Crippen LogP contribution is 2.36. The number of carboxylic acid groups (broad SMARTS) is 1. The minimum atomic E-state index is -2.72. The Morgan fingerprint density at radius 3 is 2.21 bits per heavy atom. The van der Waals surface area contributed by atoms with Gasteiger partial charge in [0.05, 0.1) is 24.9 Å². The van der Waals surface area contributed by atoms with E-state index in [0.29, 0.717) is 0 Å². The normalized spacial score (nSPS) is 42.2. The molecule has 2 fully saturated rings. The quantitative estimate of drug-likeness (QED) is 0.154. The zero-order valence-electron chi connectivity index (χ0n) is 17.8. The van der Waals surface area contributed by atoms with Gasteiger partial charge < -0.3 is 65.5 Å². The number of hydrogen-bond acceptors (Lipinski definition) is 13. The van der Waals surface area contributed by atoms with Gasteiger partial charge in [0.1, 0.15) is 42.7 Å². The van der Waals surface area contributed by atoms with E-state index in [-0.39, 0.29) is 0 Å². The van der Waals surface area contributed by atoms with E-state index in [4.69, 9.17) is 19.3 Å². The van der Waals surface area contributed by atoms with Crippen LogP contribution in [0.5, 0.6) is 0 Å². The maximum absolute atomic E-state index is 12.2. The van der Waals surface area contributed by atoms with Crippen molar-refractivity contribution in [2.24, 2.45) is 0 Å². The molecule has 15 nitrogen and oxygen atoms in total. The summed E-state index contributed by atoms with van der Waals surface area (Å²) in [5, 5.41) is 91.4. The summed E-state index contributed by atoms with van der Waals surface area (Å²) in [6, 6.07) is -1.40. The van der Waals surface area contributed by atoms with Crippen molar-refractivity contribution in [1.82, 2.24) is 5.32 Å². The van der Waals surface area contributed by atoms with Crippen molar-refractivity contribution in [3.63, 3.8) is 0 Å². The highest BCUT2D eigenvalue weighted by Gasteiger charge is 2.57. The molecule has 0 bridgehead atoms. The lowest BCUT2D eigenvalue weighted by molar-refractivity contribution is -0.349. The van der Waals surface area contributed by atoms with E-state index >= 15 is 0 Å². The van der Waals surface area contributed by atoms with Gasteiger partial charge in [-0.15, -0.1) is 0 Å². The van der Waals surface area contributed by atoms with Gasteiger partial charge >= 0.3 is 5.97 Å². The van der Waals surface area contributed by atoms with Crippen LogP contribution in [0, 0.1) is 0 Å². The van der Waals surface area contributed by atoms with Crippen LogP contribution >= 0.6 is 0 Å². The van der Waals surface area contributed by atoms with Crippen LogP contribution in [-0.2, 0) is 23.8 Å². The van der Waals surface area contributed by atoms with Gasteiger partial charge in [0, 0.05) is 13.3 Å². The Morgan fingerprint density at radius 1 is 1.09 bits per heavy atom. The first-order valence-corrected chi connectivity index (χ1v) is 10.1. The van der Waals surface area contributed by atoms with Gasteiger partial charge in [-0.1, -0.05) is 0 Å². The van der Waals surface area contributed by atoms with Gasteiger partial charge in [-0.05, 0) is 6.92 Å². The van der Waals surface area contributed by atoms with Gasteiger partial charge in [-0.25, -0.2) is 4.79 Å². The first kappa shape index (κ1) is 27.7. The summed E-state index contributed by atoms with van der Waals surface area (Å²) in [6.45, 7) is 1.32. The molecule has 192 valence electrons. The Kier molecular flexibility index (Phi) is 9.11. The number of aliphatic hydroxyl groups is 8. The van der Waals surface area contributed by atoms with Crippen molar-refractivity contribution in [1.29, 1.82) is 0 Å². The third-order valence-corrected chi connectivity index (χ3v) is 5.65. The third kappa shape index (κ3) is 5.77. The maximum Gasteiger partial charge on any atom is 0.364 e. The first-order valence-electron chi connectivity index (χ1n) is 10.1. The molecule has 0 aromatic rings. The number of rotatable bonds is 8. The van der Waals surface area contributed by atoms with Crippen molar-refractivity contribution in [2.45, 2.75) is 93.3 Å². The van der Waals surface area contributed by atoms with E-state index < -0.39 is 98.0 Å². The van der Waals surface area contributed by atoms with E-state index in [2.05, 4.69) is 5.32 Å². The number of carboxylic acids is 1. The Labute approximate surface area is 187 Å². The van der Waals surface area contributed by atoms with Crippen LogP contribution < -0.4 is 5.32 Å². The van der Waals surface area contributed by atoms with Crippen LogP contribution in [0.4, 0.5) is 0 Å². The minimum Gasteiger partial charge on any atom is -0.477 e. The molecule has 0 unspecified atom stereocenters. The Morgan fingerprint density at radius 2 is 1.70 bits per heavy atom. The molecule has 0 aromatic carbocycles. The monoisotopic (exact) mass is 485 g/mol. The SMILES string of the molecule is CC(=O)N[C@H]1[C@H]([C@H](O)[C@H](O)CO)O[C@@](O[C@H](C)[C@H]2O[C@@H](O)[C@H](O)[C@@H](O)[C@H]2O)(C(=O)O)C[C@@H]1O. The summed E-state index contributed by atoms with van der Waals surface area (Å²) >= 11 is 0. The van der Waals surface area contributed by atoms with Gasteiger partial charge in [-0.2, -0.15) is 0 Å². The summed E-state index contributed by atoms with van der Waals surface area (Å²) in [5.41, 5.74) is 0. The fourth-order valence-electron chi connectivity index (χ4n) is 3.89. The predicted octanol–water partition coefficient (Wildman–Crippen LogP) is -5.66. The molecule has 2 saturated heterocycles. The van der Waals surface area contributed by atoms with Crippen molar-refractivity contribution in [2.75, 3.05) is 6.61 Å². The highest BCUT2D eigenvalue weighted by atomic mass is 16.7. The van der Waals surface area contributed by atoms with Crippen LogP contribution in [0.25, 0.3) is 0 Å². The Balaban J connectivity index is 2.35. The predicted molar refractivity (Wildman–Crippen MR) is 102 cm³/mol. The summed E-state index contributed by atoms with van der Waals surface area (Å²) in [6.07, 6.45) is -18.5. The lowest BCUT2D eigenvalue weighted by atomic mass is 9.88. The fourth-order valence-corrected chi connectivity index (χ4v) is 3.89. The maximum atomic E-state index is 12.2. The largest absolute Gasteiger partial charge is 0.477 e. The van der Waals surface area contributed by atoms with Gasteiger partial charge in [0.2, 0.25) is 5.91 Å². The average Bonchev–Trinajstić information content (AvgIpc) is 2.74. The number of aliphatic hydroxyl groups excluding tert-OH is 8. The van der Waals surface area contributed by atoms with Crippen LogP contribution in [0.1, 0.15) is 20.3 Å². The molecule has 10 N–H and O–H groups in total. The van der Waals surface area contributed by atoms with E-state index in [1.54, 1.807) is 0 Å². The molecule has 12 atom stereocenters. The average molecular weight is 485 g/mol. The van der Waals surface area contributed by atoms with Crippen molar-refractivity contribution < 1.29 is 69.8 Å². The van der Waals surface area contributed by atoms with Gasteiger partial charge in [-0.3, -0.25) is 4.79 Å². The molecule has 2 aliphatic rings. The molecular weight excluding hydrogens is 454 g/mol. The second kappa shape index (κ2) is 10.8. The molecule has 2 heterocycles. The molecule has 0 aliphatic carbocycles. The van der Waals surface area contributed by atoms with E-state index in [0.717, 1.165) is 6.92 Å². The van der Waals surface area contributed by atoms with Crippen LogP contribution in [0.15, 0.2) is 0 Å². The lowest BCUT2D eigenvalue weighted by Crippen LogP contribution is -2.69. The number of hydrogen-bond donors (Lipinski definition) is 10. The molecule has 15 heteroatoms. The molecule has 0 aromatic heterocycles. The second-order valence-corrected chi connectivity index (χ2v) is 8.16. The number of nitrogens with one attached hydrogen (secondary N) is 1. The first-order chi connectivity index (χ1) is 15.3. The topological polar surface area (TPSA) is 256 Å². The molecule has 33 heavy (non-hydrogen) atoms. The molecule has 2 aliphatic heterocycles. The Hall–Kier alpha value is -1.50. The van der Waals surface area contributed by atoms with E-state index in [9.17, 15) is 50.4 Å². The second-order valence-electron chi connectivity index (χ2n) is 8.16. The number of carbonyl (C=O) groups excluding carboxylic acids is 1. The van der Waals surface area contributed by atoms with Gasteiger partial charge in [0.15, 0.2) is 6.29 Å². The standard InChI is InChI=1S/C18H31NO14/c1-5(14-12(26)11(25)13(27)16(28)31-14)32-18(17(29)30)3-7(22)9(19-6(2)21)15(33-18)10(24)8(23)4-20/h5,7-16,20,22-28H,3-4H2,1-2H3,(H,19,21)(H,29,30)/t5-,7+,8-,9-,10-,11+,12-,13-,14-,15-,16-,18-/m1/s1. The molecule has 0 spiro atoms. The van der Waals surface area contributed by atoms with E-state index in [1.165, 1.54) is 6.92 Å². The summed E-state index contributed by atoms with van der Waals surface area (Å²) < 4.78 is 15.9. The zero-order valence-corrected chi connectivity index (χ0v) is 17.8. The molecule has 1 amide bonds. The lowest BCUT2D eigenvalue weighted by Gasteiger charge is -2.48. The fraction of sp³-hybridized carbons (Fsp3) is 0.889. The van der Waals surface area contributed by atoms with Crippen LogP contribution in [-0.4, -0.2) is 137 Å². The van der Waals surface area contributed by atoms with Crippen molar-refractivity contribution >= 4 is 11.9 Å². The Bertz CT molecular complexity index is 695.